The van der Waals surface area contributed by atoms with Gasteiger partial charge in [-0.15, -0.1) is 11.3 Å². The van der Waals surface area contributed by atoms with Crippen molar-refractivity contribution in [2.24, 2.45) is 0 Å². The lowest BCUT2D eigenvalue weighted by Gasteiger charge is -2.16. The van der Waals surface area contributed by atoms with Gasteiger partial charge in [-0.2, -0.15) is 0 Å². The average Bonchev–Trinajstić information content (AvgIpc) is 3.24. The highest BCUT2D eigenvalue weighted by atomic mass is 32.1. The predicted molar refractivity (Wildman–Crippen MR) is 102 cm³/mol. The lowest BCUT2D eigenvalue weighted by atomic mass is 10.2. The number of benzene rings is 2. The summed E-state index contributed by atoms with van der Waals surface area (Å²) < 4.78 is 15.0. The molecule has 0 fully saturated rings. The molecule has 26 heavy (non-hydrogen) atoms. The summed E-state index contributed by atoms with van der Waals surface area (Å²) in [5.74, 6) is -0.266. The van der Waals surface area contributed by atoms with Gasteiger partial charge in [-0.1, -0.05) is 18.2 Å². The Kier molecular flexibility index (Phi) is 4.26. The number of likely N-dealkylation sites (N-methyl/N-ethyl adjacent to an activating group) is 1. The van der Waals surface area contributed by atoms with E-state index in [2.05, 4.69) is 4.98 Å². The SMILES string of the molecule is CN(C(=O)Cc1csc2nc(-c3ccc(F)cc3)cn12)c1ccccc1. The van der Waals surface area contributed by atoms with E-state index in [9.17, 15) is 9.18 Å². The molecule has 0 radical (unpaired) electrons. The van der Waals surface area contributed by atoms with Crippen molar-refractivity contribution in [3.8, 4) is 11.3 Å². The number of thiazole rings is 1. The summed E-state index contributed by atoms with van der Waals surface area (Å²) in [7, 11) is 1.78. The Morgan fingerprint density at radius 3 is 2.62 bits per heavy atom. The van der Waals surface area contributed by atoms with Crippen LogP contribution in [0.3, 0.4) is 0 Å². The minimum atomic E-state index is -0.273. The summed E-state index contributed by atoms with van der Waals surface area (Å²) in [5.41, 5.74) is 3.36. The molecule has 2 aromatic carbocycles. The highest BCUT2D eigenvalue weighted by Gasteiger charge is 2.16. The van der Waals surface area contributed by atoms with Crippen LogP contribution < -0.4 is 4.90 Å². The zero-order valence-corrected chi connectivity index (χ0v) is 14.9. The first-order chi connectivity index (χ1) is 12.6. The standard InChI is InChI=1S/C20H16FN3OS/c1-23(16-5-3-2-4-6-16)19(25)11-17-13-26-20-22-18(12-24(17)20)14-7-9-15(21)10-8-14/h2-10,12-13H,11H2,1H3. The molecule has 4 rings (SSSR count). The summed E-state index contributed by atoms with van der Waals surface area (Å²) in [5, 5.41) is 1.95. The summed E-state index contributed by atoms with van der Waals surface area (Å²) in [6.07, 6.45) is 2.18. The van der Waals surface area contributed by atoms with Crippen LogP contribution in [-0.2, 0) is 11.2 Å². The summed E-state index contributed by atoms with van der Waals surface area (Å²) >= 11 is 1.49. The first-order valence-corrected chi connectivity index (χ1v) is 9.03. The van der Waals surface area contributed by atoms with Crippen molar-refractivity contribution in [2.75, 3.05) is 11.9 Å². The average molecular weight is 365 g/mol. The monoisotopic (exact) mass is 365 g/mol. The maximum atomic E-state index is 13.1. The van der Waals surface area contributed by atoms with Crippen molar-refractivity contribution in [1.82, 2.24) is 9.38 Å². The Hall–Kier alpha value is -2.99. The molecule has 0 bridgehead atoms. The lowest BCUT2D eigenvalue weighted by molar-refractivity contribution is -0.117. The maximum absolute atomic E-state index is 13.1. The van der Waals surface area contributed by atoms with Crippen molar-refractivity contribution in [1.29, 1.82) is 0 Å². The zero-order valence-electron chi connectivity index (χ0n) is 14.1. The van der Waals surface area contributed by atoms with Gasteiger partial charge >= 0.3 is 0 Å². The third-order valence-electron chi connectivity index (χ3n) is 4.27. The number of carbonyl (C=O) groups is 1. The minimum Gasteiger partial charge on any atom is -0.315 e. The van der Waals surface area contributed by atoms with Crippen molar-refractivity contribution < 1.29 is 9.18 Å². The van der Waals surface area contributed by atoms with E-state index in [1.807, 2.05) is 46.3 Å². The number of aromatic nitrogens is 2. The number of anilines is 1. The van der Waals surface area contributed by atoms with Gasteiger partial charge in [0.05, 0.1) is 12.1 Å². The normalized spacial score (nSPS) is 11.0. The fraction of sp³-hybridized carbons (Fsp3) is 0.100. The molecule has 2 aromatic heterocycles. The van der Waals surface area contributed by atoms with E-state index in [0.717, 1.165) is 27.6 Å². The number of imidazole rings is 1. The molecule has 130 valence electrons. The number of carbonyl (C=O) groups excluding carboxylic acids is 1. The van der Waals surface area contributed by atoms with Gasteiger partial charge in [0, 0.05) is 35.6 Å². The van der Waals surface area contributed by atoms with Gasteiger partial charge in [0.25, 0.3) is 0 Å². The highest BCUT2D eigenvalue weighted by Crippen LogP contribution is 2.24. The molecule has 4 aromatic rings. The van der Waals surface area contributed by atoms with Gasteiger partial charge in [0.1, 0.15) is 5.82 Å². The van der Waals surface area contributed by atoms with Gasteiger partial charge in [0.2, 0.25) is 5.91 Å². The van der Waals surface area contributed by atoms with Gasteiger partial charge in [-0.3, -0.25) is 9.20 Å². The number of fused-ring (bicyclic) bond motifs is 1. The Morgan fingerprint density at radius 1 is 1.15 bits per heavy atom. The molecule has 0 aliphatic heterocycles. The van der Waals surface area contributed by atoms with Crippen LogP contribution in [0.5, 0.6) is 0 Å². The molecular weight excluding hydrogens is 349 g/mol. The lowest BCUT2D eigenvalue weighted by Crippen LogP contribution is -2.28. The molecule has 0 N–H and O–H groups in total. The van der Waals surface area contributed by atoms with Crippen LogP contribution in [0.1, 0.15) is 5.69 Å². The highest BCUT2D eigenvalue weighted by molar-refractivity contribution is 7.15. The number of hydrogen-bond acceptors (Lipinski definition) is 3. The van der Waals surface area contributed by atoms with Crippen molar-refractivity contribution in [3.63, 3.8) is 0 Å². The van der Waals surface area contributed by atoms with Crippen LogP contribution in [0.2, 0.25) is 0 Å². The Morgan fingerprint density at radius 2 is 1.88 bits per heavy atom. The molecule has 0 aliphatic rings. The molecule has 0 atom stereocenters. The molecule has 0 spiro atoms. The van der Waals surface area contributed by atoms with Crippen molar-refractivity contribution in [3.05, 3.63) is 77.7 Å². The van der Waals surface area contributed by atoms with Crippen LogP contribution in [0.4, 0.5) is 10.1 Å². The minimum absolute atomic E-state index is 0.00734. The molecular formula is C20H16FN3OS. The van der Waals surface area contributed by atoms with E-state index in [1.165, 1.54) is 23.5 Å². The molecule has 0 unspecified atom stereocenters. The van der Waals surface area contributed by atoms with E-state index < -0.39 is 0 Å². The second-order valence-corrected chi connectivity index (χ2v) is 6.81. The van der Waals surface area contributed by atoms with E-state index >= 15 is 0 Å². The van der Waals surface area contributed by atoms with Crippen LogP contribution in [-0.4, -0.2) is 22.3 Å². The molecule has 1 amide bonds. The van der Waals surface area contributed by atoms with Crippen LogP contribution in [0, 0.1) is 5.82 Å². The fourth-order valence-electron chi connectivity index (χ4n) is 2.79. The predicted octanol–water partition coefficient (Wildman–Crippen LogP) is 4.41. The smallest absolute Gasteiger partial charge is 0.232 e. The second-order valence-electron chi connectivity index (χ2n) is 5.98. The number of nitrogens with zero attached hydrogens (tertiary/aromatic N) is 3. The van der Waals surface area contributed by atoms with Crippen LogP contribution in [0.15, 0.2) is 66.2 Å². The van der Waals surface area contributed by atoms with E-state index in [-0.39, 0.29) is 18.1 Å². The molecule has 0 saturated carbocycles. The molecule has 0 aliphatic carbocycles. The quantitative estimate of drug-likeness (QED) is 0.537. The number of para-hydroxylation sites is 1. The molecule has 0 saturated heterocycles. The van der Waals surface area contributed by atoms with E-state index in [0.29, 0.717) is 0 Å². The number of halogens is 1. The van der Waals surface area contributed by atoms with Gasteiger partial charge in [-0.05, 0) is 36.4 Å². The number of amides is 1. The molecule has 4 nitrogen and oxygen atoms in total. The Bertz CT molecular complexity index is 1050. The topological polar surface area (TPSA) is 37.6 Å². The summed E-state index contributed by atoms with van der Waals surface area (Å²) in [6, 6.07) is 15.8. The number of hydrogen-bond donors (Lipinski definition) is 0. The Labute approximate surface area is 154 Å². The van der Waals surface area contributed by atoms with Crippen molar-refractivity contribution >= 4 is 27.9 Å². The number of rotatable bonds is 4. The largest absolute Gasteiger partial charge is 0.315 e. The van der Waals surface area contributed by atoms with Crippen LogP contribution in [0.25, 0.3) is 16.2 Å². The van der Waals surface area contributed by atoms with Crippen molar-refractivity contribution in [2.45, 2.75) is 6.42 Å². The summed E-state index contributed by atoms with van der Waals surface area (Å²) in [6.45, 7) is 0. The fourth-order valence-corrected chi connectivity index (χ4v) is 3.66. The maximum Gasteiger partial charge on any atom is 0.232 e. The van der Waals surface area contributed by atoms with E-state index in [4.69, 9.17) is 0 Å². The third-order valence-corrected chi connectivity index (χ3v) is 5.16. The van der Waals surface area contributed by atoms with Gasteiger partial charge < -0.3 is 4.90 Å². The summed E-state index contributed by atoms with van der Waals surface area (Å²) in [4.78, 5) is 19.7. The molecule has 6 heteroatoms. The Balaban J connectivity index is 1.59. The first-order valence-electron chi connectivity index (χ1n) is 8.15. The van der Waals surface area contributed by atoms with Gasteiger partial charge in [0.15, 0.2) is 4.96 Å². The van der Waals surface area contributed by atoms with E-state index in [1.54, 1.807) is 24.1 Å². The third kappa shape index (κ3) is 3.11. The second kappa shape index (κ2) is 6.72. The first kappa shape index (κ1) is 16.5. The molecule has 2 heterocycles. The zero-order chi connectivity index (χ0) is 18.1. The van der Waals surface area contributed by atoms with Gasteiger partial charge in [-0.25, -0.2) is 9.37 Å². The van der Waals surface area contributed by atoms with Crippen LogP contribution >= 0.6 is 11.3 Å².